The first kappa shape index (κ1) is 12.8. The molecule has 1 N–H and O–H groups in total. The van der Waals surface area contributed by atoms with Gasteiger partial charge in [-0.25, -0.2) is 13.9 Å². The minimum Gasteiger partial charge on any atom is -0.478 e. The first-order valence-electron chi connectivity index (χ1n) is 5.74. The summed E-state index contributed by atoms with van der Waals surface area (Å²) >= 11 is 3.34. The van der Waals surface area contributed by atoms with Crippen LogP contribution in [0.2, 0.25) is 0 Å². The van der Waals surface area contributed by atoms with Crippen LogP contribution in [0.25, 0.3) is 16.6 Å². The van der Waals surface area contributed by atoms with E-state index in [9.17, 15) is 9.18 Å². The van der Waals surface area contributed by atoms with Gasteiger partial charge in [-0.05, 0) is 58.4 Å². The fraction of sp³-hybridized carbons (Fsp3) is 0. The maximum atomic E-state index is 13.0. The van der Waals surface area contributed by atoms with Gasteiger partial charge in [-0.15, -0.1) is 0 Å². The number of hydrogen-bond donors (Lipinski definition) is 1. The van der Waals surface area contributed by atoms with Gasteiger partial charge < -0.3 is 5.11 Å². The molecule has 0 fully saturated rings. The van der Waals surface area contributed by atoms with E-state index in [0.717, 1.165) is 5.39 Å². The van der Waals surface area contributed by atoms with E-state index in [2.05, 4.69) is 21.0 Å². The van der Waals surface area contributed by atoms with Gasteiger partial charge in [0.15, 0.2) is 0 Å². The van der Waals surface area contributed by atoms with E-state index >= 15 is 0 Å². The Bertz CT molecular complexity index is 812. The van der Waals surface area contributed by atoms with E-state index in [1.54, 1.807) is 28.9 Å². The van der Waals surface area contributed by atoms with Crippen molar-refractivity contribution in [2.75, 3.05) is 0 Å². The topological polar surface area (TPSA) is 55.1 Å². The molecule has 0 radical (unpaired) electrons. The Labute approximate surface area is 121 Å². The molecular formula is C14H8BrFN2O2. The number of aromatic nitrogens is 2. The second-order valence-corrected chi connectivity index (χ2v) is 4.97. The number of carboxylic acids is 1. The molecule has 0 saturated heterocycles. The number of benzene rings is 2. The molecule has 0 saturated carbocycles. The van der Waals surface area contributed by atoms with Crippen LogP contribution in [0.4, 0.5) is 4.39 Å². The van der Waals surface area contributed by atoms with Crippen LogP contribution >= 0.6 is 15.9 Å². The standard InChI is InChI=1S/C14H8BrFN2O2/c15-13-11-6-1-8(14(19)20)7-12(11)18(17-13)10-4-2-9(16)3-5-10/h1-7H,(H,19,20). The van der Waals surface area contributed by atoms with Gasteiger partial charge in [0.1, 0.15) is 10.4 Å². The first-order valence-corrected chi connectivity index (χ1v) is 6.53. The highest BCUT2D eigenvalue weighted by Gasteiger charge is 2.13. The molecule has 4 nitrogen and oxygen atoms in total. The second kappa shape index (κ2) is 4.72. The van der Waals surface area contributed by atoms with E-state index < -0.39 is 5.97 Å². The highest BCUT2D eigenvalue weighted by Crippen LogP contribution is 2.27. The summed E-state index contributed by atoms with van der Waals surface area (Å²) in [6, 6.07) is 10.6. The lowest BCUT2D eigenvalue weighted by Gasteiger charge is -2.03. The van der Waals surface area contributed by atoms with E-state index in [1.165, 1.54) is 18.2 Å². The summed E-state index contributed by atoms with van der Waals surface area (Å²) in [6.45, 7) is 0. The van der Waals surface area contributed by atoms with E-state index in [0.29, 0.717) is 15.8 Å². The van der Waals surface area contributed by atoms with Crippen LogP contribution in [0.5, 0.6) is 0 Å². The van der Waals surface area contributed by atoms with Crippen molar-refractivity contribution in [2.45, 2.75) is 0 Å². The third-order valence-corrected chi connectivity index (χ3v) is 3.54. The minimum absolute atomic E-state index is 0.174. The molecule has 1 aromatic heterocycles. The van der Waals surface area contributed by atoms with Crippen molar-refractivity contribution in [3.63, 3.8) is 0 Å². The zero-order chi connectivity index (χ0) is 14.3. The summed E-state index contributed by atoms with van der Waals surface area (Å²) in [5.74, 6) is -1.34. The lowest BCUT2D eigenvalue weighted by molar-refractivity contribution is 0.0697. The second-order valence-electron chi connectivity index (χ2n) is 4.22. The number of hydrogen-bond acceptors (Lipinski definition) is 2. The molecule has 0 atom stereocenters. The van der Waals surface area contributed by atoms with Gasteiger partial charge in [0.2, 0.25) is 0 Å². The van der Waals surface area contributed by atoms with Crippen LogP contribution in [0, 0.1) is 5.82 Å². The van der Waals surface area contributed by atoms with Gasteiger partial charge in [0.05, 0.1) is 16.8 Å². The molecule has 20 heavy (non-hydrogen) atoms. The fourth-order valence-corrected chi connectivity index (χ4v) is 2.48. The van der Waals surface area contributed by atoms with Crippen LogP contribution in [0.1, 0.15) is 10.4 Å². The van der Waals surface area contributed by atoms with Gasteiger partial charge in [0, 0.05) is 5.39 Å². The van der Waals surface area contributed by atoms with Crippen molar-refractivity contribution < 1.29 is 14.3 Å². The van der Waals surface area contributed by atoms with E-state index in [1.807, 2.05) is 0 Å². The Balaban J connectivity index is 2.27. The van der Waals surface area contributed by atoms with E-state index in [-0.39, 0.29) is 11.4 Å². The highest BCUT2D eigenvalue weighted by molar-refractivity contribution is 9.10. The van der Waals surface area contributed by atoms with Crippen molar-refractivity contribution in [1.82, 2.24) is 9.78 Å². The molecule has 0 unspecified atom stereocenters. The van der Waals surface area contributed by atoms with Crippen molar-refractivity contribution in [2.24, 2.45) is 0 Å². The molecule has 100 valence electrons. The van der Waals surface area contributed by atoms with Crippen LogP contribution < -0.4 is 0 Å². The monoisotopic (exact) mass is 334 g/mol. The Hall–Kier alpha value is -2.21. The maximum absolute atomic E-state index is 13.0. The number of nitrogens with zero attached hydrogens (tertiary/aromatic N) is 2. The molecule has 6 heteroatoms. The van der Waals surface area contributed by atoms with E-state index in [4.69, 9.17) is 5.11 Å². The predicted octanol–water partition coefficient (Wildman–Crippen LogP) is 3.63. The van der Waals surface area contributed by atoms with Crippen LogP contribution in [-0.2, 0) is 0 Å². The number of carboxylic acid groups (broad SMARTS) is 1. The number of aromatic carboxylic acids is 1. The summed E-state index contributed by atoms with van der Waals surface area (Å²) in [5.41, 5.74) is 1.47. The smallest absolute Gasteiger partial charge is 0.335 e. The third-order valence-electron chi connectivity index (χ3n) is 2.95. The summed E-state index contributed by atoms with van der Waals surface area (Å²) in [5, 5.41) is 14.2. The van der Waals surface area contributed by atoms with Gasteiger partial charge >= 0.3 is 5.97 Å². The molecule has 0 aliphatic carbocycles. The molecule has 0 bridgehead atoms. The van der Waals surface area contributed by atoms with Crippen LogP contribution in [-0.4, -0.2) is 20.9 Å². The normalized spacial score (nSPS) is 10.9. The van der Waals surface area contributed by atoms with Gasteiger partial charge in [-0.1, -0.05) is 0 Å². The molecule has 3 aromatic rings. The zero-order valence-corrected chi connectivity index (χ0v) is 11.6. The number of rotatable bonds is 2. The Morgan fingerprint density at radius 3 is 2.55 bits per heavy atom. The zero-order valence-electron chi connectivity index (χ0n) is 10.0. The van der Waals surface area contributed by atoms with Gasteiger partial charge in [0.25, 0.3) is 0 Å². The molecular weight excluding hydrogens is 327 g/mol. The fourth-order valence-electron chi connectivity index (χ4n) is 1.99. The third kappa shape index (κ3) is 2.08. The highest BCUT2D eigenvalue weighted by atomic mass is 79.9. The summed E-state index contributed by atoms with van der Waals surface area (Å²) < 4.78 is 15.2. The summed E-state index contributed by atoms with van der Waals surface area (Å²) in [7, 11) is 0. The van der Waals surface area contributed by atoms with Gasteiger partial charge in [-0.3, -0.25) is 0 Å². The predicted molar refractivity (Wildman–Crippen MR) is 75.7 cm³/mol. The van der Waals surface area contributed by atoms with Crippen LogP contribution in [0.3, 0.4) is 0 Å². The average Bonchev–Trinajstić information content (AvgIpc) is 2.76. The molecule has 2 aromatic carbocycles. The Morgan fingerprint density at radius 2 is 1.90 bits per heavy atom. The lowest BCUT2D eigenvalue weighted by atomic mass is 10.1. The molecule has 0 aliphatic rings. The van der Waals surface area contributed by atoms with Crippen LogP contribution in [0.15, 0.2) is 47.1 Å². The lowest BCUT2D eigenvalue weighted by Crippen LogP contribution is -1.99. The molecule has 1 heterocycles. The summed E-state index contributed by atoms with van der Waals surface area (Å²) in [4.78, 5) is 11.1. The number of fused-ring (bicyclic) bond motifs is 1. The average molecular weight is 335 g/mol. The molecule has 3 rings (SSSR count). The maximum Gasteiger partial charge on any atom is 0.335 e. The summed E-state index contributed by atoms with van der Waals surface area (Å²) in [6.07, 6.45) is 0. The first-order chi connectivity index (χ1) is 9.56. The number of halogens is 2. The van der Waals surface area contributed by atoms with Gasteiger partial charge in [-0.2, -0.15) is 5.10 Å². The van der Waals surface area contributed by atoms with Crippen molar-refractivity contribution in [3.05, 3.63) is 58.4 Å². The quantitative estimate of drug-likeness (QED) is 0.778. The van der Waals surface area contributed by atoms with Crippen molar-refractivity contribution >= 4 is 32.8 Å². The Morgan fingerprint density at radius 1 is 1.20 bits per heavy atom. The molecule has 0 aliphatic heterocycles. The number of carbonyl (C=O) groups is 1. The SMILES string of the molecule is O=C(O)c1ccc2c(Br)nn(-c3ccc(F)cc3)c2c1. The Kier molecular flexibility index (Phi) is 3.02. The minimum atomic E-state index is -1.00. The van der Waals surface area contributed by atoms with Crippen molar-refractivity contribution in [3.8, 4) is 5.69 Å². The van der Waals surface area contributed by atoms with Crippen molar-refractivity contribution in [1.29, 1.82) is 0 Å². The molecule has 0 spiro atoms. The largest absolute Gasteiger partial charge is 0.478 e. The molecule has 0 amide bonds.